The van der Waals surface area contributed by atoms with E-state index in [-0.39, 0.29) is 12.3 Å². The van der Waals surface area contributed by atoms with Gasteiger partial charge in [0, 0.05) is 6.42 Å². The van der Waals surface area contributed by atoms with Crippen molar-refractivity contribution in [2.24, 2.45) is 5.92 Å². The Kier molecular flexibility index (Phi) is 3.86. The van der Waals surface area contributed by atoms with Crippen molar-refractivity contribution < 1.29 is 18.3 Å². The van der Waals surface area contributed by atoms with E-state index in [9.17, 15) is 13.2 Å². The lowest BCUT2D eigenvalue weighted by atomic mass is 10.0. The lowest BCUT2D eigenvalue weighted by Crippen LogP contribution is -2.17. The average Bonchev–Trinajstić information content (AvgIpc) is 1.80. The Morgan fingerprint density at radius 3 is 2.00 bits per heavy atom. The molecular weight excluding hydrogens is 157 g/mol. The second kappa shape index (κ2) is 3.95. The second-order valence-electron chi connectivity index (χ2n) is 2.87. The zero-order chi connectivity index (χ0) is 9.07. The maximum atomic E-state index is 11.6. The van der Waals surface area contributed by atoms with Crippen LogP contribution < -0.4 is 0 Å². The van der Waals surface area contributed by atoms with E-state index < -0.39 is 18.7 Å². The van der Waals surface area contributed by atoms with Crippen molar-refractivity contribution in [2.75, 3.05) is 0 Å². The Morgan fingerprint density at radius 2 is 1.73 bits per heavy atom. The van der Waals surface area contributed by atoms with Crippen LogP contribution in [-0.4, -0.2) is 17.4 Å². The first-order chi connectivity index (χ1) is 4.83. The molecule has 0 rings (SSSR count). The van der Waals surface area contributed by atoms with E-state index in [2.05, 4.69) is 0 Å². The van der Waals surface area contributed by atoms with Gasteiger partial charge in [-0.1, -0.05) is 6.92 Å². The van der Waals surface area contributed by atoms with Gasteiger partial charge in [0.25, 0.3) is 0 Å². The minimum Gasteiger partial charge on any atom is -0.393 e. The summed E-state index contributed by atoms with van der Waals surface area (Å²) in [7, 11) is 0. The van der Waals surface area contributed by atoms with Gasteiger partial charge in [0.15, 0.2) is 0 Å². The highest BCUT2D eigenvalue weighted by molar-refractivity contribution is 4.61. The molecule has 1 nitrogen and oxygen atoms in total. The Balaban J connectivity index is 3.54. The first-order valence-corrected chi connectivity index (χ1v) is 3.57. The number of alkyl halides is 3. The third kappa shape index (κ3) is 6.16. The van der Waals surface area contributed by atoms with Gasteiger partial charge in [-0.15, -0.1) is 0 Å². The largest absolute Gasteiger partial charge is 0.393 e. The molecule has 0 spiro atoms. The molecule has 0 heterocycles. The molecule has 0 amide bonds. The van der Waals surface area contributed by atoms with E-state index in [1.54, 1.807) is 6.92 Å². The first-order valence-electron chi connectivity index (χ1n) is 3.57. The predicted octanol–water partition coefficient (Wildman–Crippen LogP) is 2.35. The van der Waals surface area contributed by atoms with E-state index in [4.69, 9.17) is 5.11 Å². The number of rotatable bonds is 3. The van der Waals surface area contributed by atoms with Gasteiger partial charge < -0.3 is 5.11 Å². The topological polar surface area (TPSA) is 20.2 Å². The molecule has 1 N–H and O–H groups in total. The molecule has 0 aliphatic rings. The maximum absolute atomic E-state index is 11.6. The molecule has 0 aromatic heterocycles. The predicted molar refractivity (Wildman–Crippen MR) is 36.1 cm³/mol. The number of hydrogen-bond donors (Lipinski definition) is 1. The van der Waals surface area contributed by atoms with Crippen LogP contribution in [0.5, 0.6) is 0 Å². The van der Waals surface area contributed by atoms with Crippen molar-refractivity contribution in [1.82, 2.24) is 0 Å². The average molecular weight is 170 g/mol. The fraction of sp³-hybridized carbons (Fsp3) is 1.00. The molecule has 0 bridgehead atoms. The van der Waals surface area contributed by atoms with Crippen LogP contribution in [-0.2, 0) is 0 Å². The summed E-state index contributed by atoms with van der Waals surface area (Å²) in [5.74, 6) is -0.281. The second-order valence-corrected chi connectivity index (χ2v) is 2.87. The van der Waals surface area contributed by atoms with E-state index in [1.807, 2.05) is 0 Å². The molecule has 0 aliphatic heterocycles. The molecule has 0 saturated heterocycles. The molecule has 0 unspecified atom stereocenters. The lowest BCUT2D eigenvalue weighted by Gasteiger charge is -2.14. The Bertz CT molecular complexity index is 109. The molecular formula is C7H13F3O. The third-order valence-electron chi connectivity index (χ3n) is 1.71. The normalized spacial score (nSPS) is 18.0. The minimum absolute atomic E-state index is 0.00116. The van der Waals surface area contributed by atoms with E-state index in [1.165, 1.54) is 6.92 Å². The Labute approximate surface area is 64.2 Å². The molecule has 0 aliphatic carbocycles. The summed E-state index contributed by atoms with van der Waals surface area (Å²) in [5.41, 5.74) is 0. The summed E-state index contributed by atoms with van der Waals surface area (Å²) >= 11 is 0. The summed E-state index contributed by atoms with van der Waals surface area (Å²) in [4.78, 5) is 0. The summed E-state index contributed by atoms with van der Waals surface area (Å²) in [6, 6.07) is 0. The quantitative estimate of drug-likeness (QED) is 0.689. The fourth-order valence-corrected chi connectivity index (χ4v) is 0.633. The van der Waals surface area contributed by atoms with Crippen molar-refractivity contribution in [3.8, 4) is 0 Å². The number of aliphatic hydroxyl groups is 1. The van der Waals surface area contributed by atoms with Crippen molar-refractivity contribution >= 4 is 0 Å². The summed E-state index contributed by atoms with van der Waals surface area (Å²) in [6.45, 7) is 3.11. The molecule has 0 saturated carbocycles. The summed E-state index contributed by atoms with van der Waals surface area (Å²) < 4.78 is 34.8. The summed E-state index contributed by atoms with van der Waals surface area (Å²) in [6.07, 6.45) is -5.55. The Morgan fingerprint density at radius 1 is 1.27 bits per heavy atom. The van der Waals surface area contributed by atoms with Gasteiger partial charge in [-0.05, 0) is 19.3 Å². The molecule has 4 heteroatoms. The molecule has 0 radical (unpaired) electrons. The highest BCUT2D eigenvalue weighted by atomic mass is 19.4. The van der Waals surface area contributed by atoms with Crippen LogP contribution in [0, 0.1) is 5.92 Å². The Hall–Kier alpha value is -0.250. The zero-order valence-electron chi connectivity index (χ0n) is 6.65. The smallest absolute Gasteiger partial charge is 0.389 e. The minimum atomic E-state index is -4.09. The highest BCUT2D eigenvalue weighted by Crippen LogP contribution is 2.24. The van der Waals surface area contributed by atoms with Gasteiger partial charge in [0.1, 0.15) is 0 Å². The summed E-state index contributed by atoms with van der Waals surface area (Å²) in [5, 5.41) is 8.85. The van der Waals surface area contributed by atoms with Crippen LogP contribution in [0.3, 0.4) is 0 Å². The van der Waals surface area contributed by atoms with Gasteiger partial charge in [0.05, 0.1) is 6.10 Å². The van der Waals surface area contributed by atoms with E-state index >= 15 is 0 Å². The molecule has 68 valence electrons. The van der Waals surface area contributed by atoms with E-state index in [0.717, 1.165) is 0 Å². The molecule has 0 fully saturated rings. The van der Waals surface area contributed by atoms with Crippen LogP contribution >= 0.6 is 0 Å². The monoisotopic (exact) mass is 170 g/mol. The standard InChI is InChI=1S/C7H13F3O/c1-5(6(2)11)3-4-7(8,9)10/h5-6,11H,3-4H2,1-2H3/t5-,6-/m0/s1. The molecule has 2 atom stereocenters. The first kappa shape index (κ1) is 10.8. The molecule has 0 aromatic rings. The van der Waals surface area contributed by atoms with Crippen molar-refractivity contribution in [1.29, 1.82) is 0 Å². The van der Waals surface area contributed by atoms with Crippen molar-refractivity contribution in [3.63, 3.8) is 0 Å². The number of hydrogen-bond acceptors (Lipinski definition) is 1. The van der Waals surface area contributed by atoms with Gasteiger partial charge in [-0.3, -0.25) is 0 Å². The SMILES string of the molecule is C[C@H](O)[C@@H](C)CCC(F)(F)F. The van der Waals surface area contributed by atoms with Crippen LogP contribution in [0.15, 0.2) is 0 Å². The van der Waals surface area contributed by atoms with Crippen molar-refractivity contribution in [2.45, 2.75) is 39.0 Å². The number of aliphatic hydroxyl groups excluding tert-OH is 1. The van der Waals surface area contributed by atoms with Crippen LogP contribution in [0.2, 0.25) is 0 Å². The zero-order valence-corrected chi connectivity index (χ0v) is 6.65. The molecule has 0 aromatic carbocycles. The van der Waals surface area contributed by atoms with Crippen molar-refractivity contribution in [3.05, 3.63) is 0 Å². The highest BCUT2D eigenvalue weighted by Gasteiger charge is 2.28. The lowest BCUT2D eigenvalue weighted by molar-refractivity contribution is -0.138. The fourth-order valence-electron chi connectivity index (χ4n) is 0.633. The van der Waals surface area contributed by atoms with Gasteiger partial charge >= 0.3 is 6.18 Å². The van der Waals surface area contributed by atoms with Gasteiger partial charge in [-0.2, -0.15) is 13.2 Å². The van der Waals surface area contributed by atoms with Crippen LogP contribution in [0.25, 0.3) is 0 Å². The maximum Gasteiger partial charge on any atom is 0.389 e. The van der Waals surface area contributed by atoms with Gasteiger partial charge in [0.2, 0.25) is 0 Å². The third-order valence-corrected chi connectivity index (χ3v) is 1.71. The number of halogens is 3. The molecule has 11 heavy (non-hydrogen) atoms. The van der Waals surface area contributed by atoms with Crippen LogP contribution in [0.4, 0.5) is 13.2 Å². The van der Waals surface area contributed by atoms with Gasteiger partial charge in [-0.25, -0.2) is 0 Å². The van der Waals surface area contributed by atoms with E-state index in [0.29, 0.717) is 0 Å². The van der Waals surface area contributed by atoms with Crippen LogP contribution in [0.1, 0.15) is 26.7 Å².